The summed E-state index contributed by atoms with van der Waals surface area (Å²) in [5.41, 5.74) is 4.88. The van der Waals surface area contributed by atoms with Gasteiger partial charge in [-0.05, 0) is 19.3 Å². The molecule has 4 heteroatoms. The summed E-state index contributed by atoms with van der Waals surface area (Å²) in [6.45, 7) is 6.09. The molecule has 15 heavy (non-hydrogen) atoms. The van der Waals surface area contributed by atoms with Crippen LogP contribution in [0.2, 0.25) is 0 Å². The van der Waals surface area contributed by atoms with E-state index in [9.17, 15) is 9.90 Å². The highest BCUT2D eigenvalue weighted by molar-refractivity contribution is 5.76. The fraction of sp³-hybridized carbons (Fsp3) is 0.909. The van der Waals surface area contributed by atoms with Crippen LogP contribution in [0.25, 0.3) is 0 Å². The van der Waals surface area contributed by atoms with Gasteiger partial charge in [0.25, 0.3) is 0 Å². The monoisotopic (exact) mass is 216 g/mol. The van der Waals surface area contributed by atoms with Crippen molar-refractivity contribution >= 4 is 5.91 Å². The van der Waals surface area contributed by atoms with Gasteiger partial charge >= 0.3 is 0 Å². The SMILES string of the molecule is CCC(N)CC(=O)NCC(O)(CC)CC. The molecule has 0 bridgehead atoms. The highest BCUT2D eigenvalue weighted by atomic mass is 16.3. The molecule has 1 unspecified atom stereocenters. The first-order chi connectivity index (χ1) is 6.97. The van der Waals surface area contributed by atoms with Gasteiger partial charge < -0.3 is 16.2 Å². The standard InChI is InChI=1S/C11H24N2O2/c1-4-9(12)7-10(14)13-8-11(15,5-2)6-3/h9,15H,4-8,12H2,1-3H3,(H,13,14). The molecule has 0 spiro atoms. The summed E-state index contributed by atoms with van der Waals surface area (Å²) in [6.07, 6.45) is 2.41. The van der Waals surface area contributed by atoms with E-state index >= 15 is 0 Å². The summed E-state index contributed by atoms with van der Waals surface area (Å²) in [5, 5.41) is 12.6. The van der Waals surface area contributed by atoms with Crippen molar-refractivity contribution in [3.8, 4) is 0 Å². The first kappa shape index (κ1) is 14.4. The first-order valence-corrected chi connectivity index (χ1v) is 5.72. The quantitative estimate of drug-likeness (QED) is 0.588. The van der Waals surface area contributed by atoms with Crippen LogP contribution >= 0.6 is 0 Å². The molecule has 4 nitrogen and oxygen atoms in total. The average Bonchev–Trinajstić information content (AvgIpc) is 2.25. The summed E-state index contributed by atoms with van der Waals surface area (Å²) >= 11 is 0. The van der Waals surface area contributed by atoms with Gasteiger partial charge in [0.05, 0.1) is 5.60 Å². The summed E-state index contributed by atoms with van der Waals surface area (Å²) in [7, 11) is 0. The third-order valence-electron chi connectivity index (χ3n) is 2.90. The molecule has 0 aromatic rings. The Morgan fingerprint density at radius 1 is 1.40 bits per heavy atom. The Balaban J connectivity index is 3.89. The summed E-state index contributed by atoms with van der Waals surface area (Å²) in [4.78, 5) is 11.4. The lowest BCUT2D eigenvalue weighted by Crippen LogP contribution is -2.43. The van der Waals surface area contributed by atoms with Crippen molar-refractivity contribution in [3.63, 3.8) is 0 Å². The van der Waals surface area contributed by atoms with Crippen LogP contribution in [-0.2, 0) is 4.79 Å². The third kappa shape index (κ3) is 5.74. The van der Waals surface area contributed by atoms with E-state index in [2.05, 4.69) is 5.32 Å². The normalized spacial score (nSPS) is 13.7. The molecule has 1 atom stereocenters. The maximum absolute atomic E-state index is 11.4. The molecule has 0 fully saturated rings. The molecule has 0 aliphatic carbocycles. The topological polar surface area (TPSA) is 75.4 Å². The van der Waals surface area contributed by atoms with Gasteiger partial charge in [0.1, 0.15) is 0 Å². The summed E-state index contributed by atoms with van der Waals surface area (Å²) < 4.78 is 0. The van der Waals surface area contributed by atoms with Crippen molar-refractivity contribution < 1.29 is 9.90 Å². The average molecular weight is 216 g/mol. The Kier molecular flexibility index (Phi) is 6.52. The van der Waals surface area contributed by atoms with Crippen molar-refractivity contribution in [2.75, 3.05) is 6.54 Å². The minimum Gasteiger partial charge on any atom is -0.388 e. The molecule has 0 rings (SSSR count). The van der Waals surface area contributed by atoms with Crippen LogP contribution in [0.4, 0.5) is 0 Å². The zero-order valence-electron chi connectivity index (χ0n) is 10.0. The van der Waals surface area contributed by atoms with Crippen LogP contribution in [-0.4, -0.2) is 29.2 Å². The molecule has 0 heterocycles. The third-order valence-corrected chi connectivity index (χ3v) is 2.90. The number of nitrogens with one attached hydrogen (secondary N) is 1. The molecule has 0 aliphatic rings. The second-order valence-electron chi connectivity index (χ2n) is 4.08. The Morgan fingerprint density at radius 2 is 1.93 bits per heavy atom. The van der Waals surface area contributed by atoms with E-state index in [-0.39, 0.29) is 11.9 Å². The maximum atomic E-state index is 11.4. The van der Waals surface area contributed by atoms with Gasteiger partial charge in [0, 0.05) is 19.0 Å². The first-order valence-electron chi connectivity index (χ1n) is 5.72. The number of aliphatic hydroxyl groups is 1. The fourth-order valence-electron chi connectivity index (χ4n) is 1.22. The number of nitrogens with two attached hydrogens (primary N) is 1. The molecule has 1 amide bonds. The Morgan fingerprint density at radius 3 is 2.33 bits per heavy atom. The van der Waals surface area contributed by atoms with E-state index in [1.165, 1.54) is 0 Å². The van der Waals surface area contributed by atoms with E-state index in [0.29, 0.717) is 25.8 Å². The Bertz CT molecular complexity index is 191. The number of hydrogen-bond acceptors (Lipinski definition) is 3. The number of carbonyl (C=O) groups excluding carboxylic acids is 1. The Labute approximate surface area is 92.2 Å². The molecular weight excluding hydrogens is 192 g/mol. The van der Waals surface area contributed by atoms with Gasteiger partial charge in [-0.1, -0.05) is 20.8 Å². The number of hydrogen-bond donors (Lipinski definition) is 3. The van der Waals surface area contributed by atoms with Crippen LogP contribution in [0.15, 0.2) is 0 Å². The molecular formula is C11H24N2O2. The second kappa shape index (κ2) is 6.80. The molecule has 0 aromatic carbocycles. The zero-order valence-corrected chi connectivity index (χ0v) is 10.0. The number of amides is 1. The van der Waals surface area contributed by atoms with Crippen molar-refractivity contribution in [1.29, 1.82) is 0 Å². The highest BCUT2D eigenvalue weighted by Crippen LogP contribution is 2.12. The van der Waals surface area contributed by atoms with Crippen LogP contribution in [0.1, 0.15) is 46.5 Å². The minimum atomic E-state index is -0.772. The van der Waals surface area contributed by atoms with Crippen LogP contribution in [0, 0.1) is 0 Å². The van der Waals surface area contributed by atoms with Gasteiger partial charge in [-0.3, -0.25) is 4.79 Å². The van der Waals surface area contributed by atoms with Crippen LogP contribution < -0.4 is 11.1 Å². The predicted octanol–water partition coefficient (Wildman–Crippen LogP) is 0.781. The van der Waals surface area contributed by atoms with Crippen molar-refractivity contribution in [3.05, 3.63) is 0 Å². The van der Waals surface area contributed by atoms with Crippen molar-refractivity contribution in [2.24, 2.45) is 5.73 Å². The Hall–Kier alpha value is -0.610. The van der Waals surface area contributed by atoms with Crippen molar-refractivity contribution in [1.82, 2.24) is 5.32 Å². The minimum absolute atomic E-state index is 0.0790. The maximum Gasteiger partial charge on any atom is 0.221 e. The molecule has 0 aliphatic heterocycles. The van der Waals surface area contributed by atoms with E-state index in [1.807, 2.05) is 20.8 Å². The molecule has 0 saturated heterocycles. The van der Waals surface area contributed by atoms with Crippen LogP contribution in [0.5, 0.6) is 0 Å². The molecule has 0 aromatic heterocycles. The molecule has 0 radical (unpaired) electrons. The van der Waals surface area contributed by atoms with E-state index < -0.39 is 5.60 Å². The largest absolute Gasteiger partial charge is 0.388 e. The zero-order chi connectivity index (χ0) is 11.9. The van der Waals surface area contributed by atoms with Gasteiger partial charge in [-0.25, -0.2) is 0 Å². The lowest BCUT2D eigenvalue weighted by atomic mass is 9.97. The summed E-state index contributed by atoms with van der Waals surface area (Å²) in [5.74, 6) is -0.0790. The van der Waals surface area contributed by atoms with Gasteiger partial charge in [0.15, 0.2) is 0 Å². The van der Waals surface area contributed by atoms with E-state index in [4.69, 9.17) is 5.73 Å². The van der Waals surface area contributed by atoms with E-state index in [1.54, 1.807) is 0 Å². The van der Waals surface area contributed by atoms with Gasteiger partial charge in [-0.2, -0.15) is 0 Å². The van der Waals surface area contributed by atoms with Crippen LogP contribution in [0.3, 0.4) is 0 Å². The van der Waals surface area contributed by atoms with Gasteiger partial charge in [-0.15, -0.1) is 0 Å². The highest BCUT2D eigenvalue weighted by Gasteiger charge is 2.22. The molecule has 4 N–H and O–H groups in total. The molecule has 0 saturated carbocycles. The lowest BCUT2D eigenvalue weighted by molar-refractivity contribution is -0.122. The van der Waals surface area contributed by atoms with Gasteiger partial charge in [0.2, 0.25) is 5.91 Å². The summed E-state index contributed by atoms with van der Waals surface area (Å²) in [6, 6.07) is -0.0821. The van der Waals surface area contributed by atoms with E-state index in [0.717, 1.165) is 6.42 Å². The fourth-order valence-corrected chi connectivity index (χ4v) is 1.22. The second-order valence-corrected chi connectivity index (χ2v) is 4.08. The number of carbonyl (C=O) groups is 1. The predicted molar refractivity (Wildman–Crippen MR) is 61.4 cm³/mol. The lowest BCUT2D eigenvalue weighted by Gasteiger charge is -2.25. The smallest absolute Gasteiger partial charge is 0.221 e. The van der Waals surface area contributed by atoms with Crippen molar-refractivity contribution in [2.45, 2.75) is 58.1 Å². The molecule has 90 valence electrons. The number of rotatable bonds is 7.